The molecule has 0 spiro atoms. The van der Waals surface area contributed by atoms with E-state index < -0.39 is 5.60 Å². The lowest BCUT2D eigenvalue weighted by atomic mass is 9.98. The normalized spacial score (nSPS) is 17.2. The van der Waals surface area contributed by atoms with Crippen molar-refractivity contribution in [3.05, 3.63) is 36.3 Å². The summed E-state index contributed by atoms with van der Waals surface area (Å²) in [6.45, 7) is 6.89. The van der Waals surface area contributed by atoms with Gasteiger partial charge in [0.05, 0.1) is 11.2 Å². The number of likely N-dealkylation sites (tertiary alicyclic amines) is 1. The molecule has 9 heteroatoms. The number of pyridine rings is 1. The maximum absolute atomic E-state index is 12.6. The van der Waals surface area contributed by atoms with E-state index in [1.807, 2.05) is 45.0 Å². The monoisotopic (exact) mass is 433 g/mol. The number of H-pyrrole nitrogens is 2. The third-order valence-electron chi connectivity index (χ3n) is 5.74. The van der Waals surface area contributed by atoms with Gasteiger partial charge >= 0.3 is 6.09 Å². The number of anilines is 1. The maximum Gasteiger partial charge on any atom is 0.410 e. The van der Waals surface area contributed by atoms with Crippen molar-refractivity contribution < 1.29 is 9.53 Å². The van der Waals surface area contributed by atoms with Crippen LogP contribution in [0.25, 0.3) is 33.2 Å². The summed E-state index contributed by atoms with van der Waals surface area (Å²) in [5.74, 6) is 1.32. The van der Waals surface area contributed by atoms with Gasteiger partial charge in [0.15, 0.2) is 0 Å². The van der Waals surface area contributed by atoms with Crippen LogP contribution in [0.2, 0.25) is 0 Å². The van der Waals surface area contributed by atoms with Gasteiger partial charge in [-0.15, -0.1) is 0 Å². The summed E-state index contributed by atoms with van der Waals surface area (Å²) in [5, 5.41) is 7.92. The van der Waals surface area contributed by atoms with E-state index >= 15 is 0 Å². The molecule has 0 unspecified atom stereocenters. The molecular formula is C23H27N7O2. The number of imidazole rings is 1. The number of rotatable bonds is 2. The predicted octanol–water partition coefficient (Wildman–Crippen LogP) is 4.20. The Hall–Kier alpha value is -3.62. The summed E-state index contributed by atoms with van der Waals surface area (Å²) < 4.78 is 5.56. The number of carbonyl (C=O) groups is 1. The molecule has 166 valence electrons. The molecule has 1 aromatic carbocycles. The number of benzene rings is 1. The average Bonchev–Trinajstić information content (AvgIpc) is 3.43. The number of hydrogen-bond donors (Lipinski definition) is 3. The minimum atomic E-state index is -0.516. The molecule has 0 aliphatic carbocycles. The molecule has 9 nitrogen and oxygen atoms in total. The van der Waals surface area contributed by atoms with E-state index in [1.54, 1.807) is 11.1 Å². The van der Waals surface area contributed by atoms with Crippen molar-refractivity contribution in [2.24, 2.45) is 0 Å². The first kappa shape index (κ1) is 20.3. The number of aromatic amines is 2. The van der Waals surface area contributed by atoms with Crippen molar-refractivity contribution in [3.8, 4) is 11.3 Å². The van der Waals surface area contributed by atoms with Crippen molar-refractivity contribution in [2.45, 2.75) is 45.1 Å². The number of piperidine rings is 1. The Labute approximate surface area is 185 Å². The highest BCUT2D eigenvalue weighted by atomic mass is 16.6. The summed E-state index contributed by atoms with van der Waals surface area (Å²) in [6, 6.07) is 7.93. The van der Waals surface area contributed by atoms with Crippen LogP contribution in [0, 0.1) is 0 Å². The van der Waals surface area contributed by atoms with Gasteiger partial charge in [-0.3, -0.25) is 5.10 Å². The molecule has 4 N–H and O–H groups in total. The topological polar surface area (TPSA) is 126 Å². The standard InChI is InChI=1S/C23H27N7O2/c1-23(2,3)32-22(31)30-10-4-5-14(12-30)21-27-18-15-7-6-13(16-8-9-25-29-16)11-17(15)26-20(24)19(18)28-21/h6-9,11,14H,4-5,10,12H2,1-3H3,(H2,24,26)(H,25,29)(H,27,28)/t14-/m1/s1. The van der Waals surface area contributed by atoms with Gasteiger partial charge in [-0.05, 0) is 51.8 Å². The van der Waals surface area contributed by atoms with Gasteiger partial charge in [-0.25, -0.2) is 14.8 Å². The van der Waals surface area contributed by atoms with E-state index in [9.17, 15) is 4.79 Å². The van der Waals surface area contributed by atoms with Gasteiger partial charge in [0.25, 0.3) is 0 Å². The zero-order valence-electron chi connectivity index (χ0n) is 18.5. The van der Waals surface area contributed by atoms with Crippen molar-refractivity contribution in [2.75, 3.05) is 18.8 Å². The maximum atomic E-state index is 12.6. The highest BCUT2D eigenvalue weighted by Crippen LogP contribution is 2.33. The van der Waals surface area contributed by atoms with Crippen LogP contribution < -0.4 is 5.73 Å². The van der Waals surface area contributed by atoms with Gasteiger partial charge in [-0.1, -0.05) is 6.07 Å². The van der Waals surface area contributed by atoms with E-state index in [2.05, 4.69) is 20.2 Å². The van der Waals surface area contributed by atoms with Gasteiger partial charge in [-0.2, -0.15) is 5.10 Å². The number of aromatic nitrogens is 5. The number of fused-ring (bicyclic) bond motifs is 3. The molecule has 1 amide bonds. The molecule has 0 radical (unpaired) electrons. The fourth-order valence-corrected chi connectivity index (χ4v) is 4.25. The number of carbonyl (C=O) groups excluding carboxylic acids is 1. The quantitative estimate of drug-likeness (QED) is 0.435. The summed E-state index contributed by atoms with van der Waals surface area (Å²) >= 11 is 0. The Kier molecular flexibility index (Phi) is 4.76. The Morgan fingerprint density at radius 3 is 2.84 bits per heavy atom. The van der Waals surface area contributed by atoms with Crippen molar-refractivity contribution in [1.82, 2.24) is 30.0 Å². The highest BCUT2D eigenvalue weighted by Gasteiger charge is 2.30. The Bertz CT molecular complexity index is 1290. The molecule has 1 atom stereocenters. The van der Waals surface area contributed by atoms with Crippen molar-refractivity contribution >= 4 is 33.8 Å². The number of nitrogens with zero attached hydrogens (tertiary/aromatic N) is 4. The summed E-state index contributed by atoms with van der Waals surface area (Å²) in [6.07, 6.45) is 3.27. The average molecular weight is 434 g/mol. The Morgan fingerprint density at radius 1 is 1.25 bits per heavy atom. The molecule has 0 bridgehead atoms. The van der Waals surface area contributed by atoms with Crippen molar-refractivity contribution in [1.29, 1.82) is 0 Å². The van der Waals surface area contributed by atoms with Crippen LogP contribution in [0.3, 0.4) is 0 Å². The van der Waals surface area contributed by atoms with Crippen LogP contribution in [0.4, 0.5) is 10.6 Å². The number of nitrogen functional groups attached to an aromatic ring is 1. The van der Waals surface area contributed by atoms with Crippen LogP contribution >= 0.6 is 0 Å². The first-order chi connectivity index (χ1) is 15.3. The van der Waals surface area contributed by atoms with Crippen LogP contribution in [0.5, 0.6) is 0 Å². The Morgan fingerprint density at radius 2 is 2.09 bits per heavy atom. The second-order valence-corrected chi connectivity index (χ2v) is 9.31. The van der Waals surface area contributed by atoms with Crippen LogP contribution in [0.15, 0.2) is 30.5 Å². The molecule has 0 saturated carbocycles. The fraction of sp³-hybridized carbons (Fsp3) is 0.391. The SMILES string of the molecule is CC(C)(C)OC(=O)N1CCC[C@@H](c2nc3c([nH]2)c(N)nc2cc(-c4ccn[nH]4)ccc23)C1. The largest absolute Gasteiger partial charge is 0.444 e. The smallest absolute Gasteiger partial charge is 0.410 e. The van der Waals surface area contributed by atoms with Crippen LogP contribution in [-0.4, -0.2) is 54.8 Å². The zero-order chi connectivity index (χ0) is 22.5. The minimum Gasteiger partial charge on any atom is -0.444 e. The van der Waals surface area contributed by atoms with E-state index in [0.29, 0.717) is 18.9 Å². The molecule has 4 heterocycles. The van der Waals surface area contributed by atoms with E-state index in [1.165, 1.54) is 0 Å². The van der Waals surface area contributed by atoms with Gasteiger partial charge in [0, 0.05) is 36.2 Å². The van der Waals surface area contributed by atoms with Crippen molar-refractivity contribution in [3.63, 3.8) is 0 Å². The van der Waals surface area contributed by atoms with Gasteiger partial charge in [0.2, 0.25) is 0 Å². The highest BCUT2D eigenvalue weighted by molar-refractivity contribution is 6.07. The molecule has 1 saturated heterocycles. The minimum absolute atomic E-state index is 0.0855. The molecule has 1 aliphatic rings. The van der Waals surface area contributed by atoms with Gasteiger partial charge in [0.1, 0.15) is 28.3 Å². The predicted molar refractivity (Wildman–Crippen MR) is 123 cm³/mol. The number of nitrogens with two attached hydrogens (primary N) is 1. The molecule has 1 fully saturated rings. The van der Waals surface area contributed by atoms with E-state index in [4.69, 9.17) is 15.5 Å². The van der Waals surface area contributed by atoms with E-state index in [-0.39, 0.29) is 12.0 Å². The summed E-state index contributed by atoms with van der Waals surface area (Å²) in [5.41, 5.74) is 9.98. The molecular weight excluding hydrogens is 406 g/mol. The molecule has 32 heavy (non-hydrogen) atoms. The summed E-state index contributed by atoms with van der Waals surface area (Å²) in [4.78, 5) is 27.2. The second kappa shape index (κ2) is 7.51. The lowest BCUT2D eigenvalue weighted by Crippen LogP contribution is -2.42. The lowest BCUT2D eigenvalue weighted by molar-refractivity contribution is 0.0196. The number of ether oxygens (including phenoxy) is 1. The van der Waals surface area contributed by atoms with Gasteiger partial charge < -0.3 is 20.4 Å². The molecule has 5 rings (SSSR count). The van der Waals surface area contributed by atoms with Crippen LogP contribution in [-0.2, 0) is 4.74 Å². The summed E-state index contributed by atoms with van der Waals surface area (Å²) in [7, 11) is 0. The van der Waals surface area contributed by atoms with Crippen LogP contribution in [0.1, 0.15) is 45.4 Å². The Balaban J connectivity index is 1.48. The number of nitrogens with one attached hydrogen (secondary N) is 2. The third kappa shape index (κ3) is 3.74. The molecule has 1 aliphatic heterocycles. The number of amides is 1. The first-order valence-corrected chi connectivity index (χ1v) is 10.8. The number of hydrogen-bond acceptors (Lipinski definition) is 6. The third-order valence-corrected chi connectivity index (χ3v) is 5.74. The van der Waals surface area contributed by atoms with E-state index in [0.717, 1.165) is 51.9 Å². The zero-order valence-corrected chi connectivity index (χ0v) is 18.5. The molecule has 3 aromatic heterocycles. The second-order valence-electron chi connectivity index (χ2n) is 9.31. The fourth-order valence-electron chi connectivity index (χ4n) is 4.25. The lowest BCUT2D eigenvalue weighted by Gasteiger charge is -2.33. The molecule has 4 aromatic rings. The first-order valence-electron chi connectivity index (χ1n) is 10.8.